The van der Waals surface area contributed by atoms with Gasteiger partial charge in [0.2, 0.25) is 0 Å². The standard InChI is InChI=1S/C25H21N3O2S2/c1-16-9-11-18(12-10-16)28-23(29)22(32-25(28)26-17-7-5-4-6-8-17)24-27(2)20-15-19(30-3)13-14-21(20)31-24/h4-15H,1-3H3/b24-22-,26-25?. The molecular formula is C25H21N3O2S2. The van der Waals surface area contributed by atoms with E-state index in [0.717, 1.165) is 38.3 Å². The molecule has 0 N–H and O–H groups in total. The molecule has 3 aromatic rings. The van der Waals surface area contributed by atoms with Crippen molar-refractivity contribution in [1.29, 1.82) is 0 Å². The van der Waals surface area contributed by atoms with Crippen molar-refractivity contribution in [2.24, 2.45) is 4.99 Å². The Morgan fingerprint density at radius 2 is 1.69 bits per heavy atom. The summed E-state index contributed by atoms with van der Waals surface area (Å²) in [4.78, 5) is 24.0. The Bertz CT molecular complexity index is 1250. The van der Waals surface area contributed by atoms with Gasteiger partial charge in [-0.2, -0.15) is 0 Å². The Morgan fingerprint density at radius 3 is 2.41 bits per heavy atom. The lowest BCUT2D eigenvalue weighted by atomic mass is 10.2. The molecule has 2 heterocycles. The van der Waals surface area contributed by atoms with Gasteiger partial charge in [0, 0.05) is 18.0 Å². The van der Waals surface area contributed by atoms with E-state index in [2.05, 4.69) is 4.90 Å². The van der Waals surface area contributed by atoms with Crippen LogP contribution < -0.4 is 14.5 Å². The van der Waals surface area contributed by atoms with E-state index in [-0.39, 0.29) is 5.91 Å². The van der Waals surface area contributed by atoms with Crippen LogP contribution in [0.5, 0.6) is 5.75 Å². The molecule has 3 aromatic carbocycles. The minimum Gasteiger partial charge on any atom is -0.497 e. The van der Waals surface area contributed by atoms with Crippen molar-refractivity contribution in [3.63, 3.8) is 0 Å². The Hall–Kier alpha value is -3.16. The van der Waals surface area contributed by atoms with Crippen molar-refractivity contribution in [2.45, 2.75) is 11.8 Å². The molecule has 0 aromatic heterocycles. The predicted octanol–water partition coefficient (Wildman–Crippen LogP) is 6.18. The number of anilines is 2. The minimum absolute atomic E-state index is 0.0670. The van der Waals surface area contributed by atoms with Crippen LogP contribution in [0.3, 0.4) is 0 Å². The van der Waals surface area contributed by atoms with Gasteiger partial charge in [0.1, 0.15) is 10.7 Å². The first-order valence-electron chi connectivity index (χ1n) is 10.1. The first-order valence-corrected chi connectivity index (χ1v) is 11.7. The van der Waals surface area contributed by atoms with Gasteiger partial charge in [0.25, 0.3) is 5.91 Å². The topological polar surface area (TPSA) is 45.1 Å². The number of ether oxygens (including phenoxy) is 1. The summed E-state index contributed by atoms with van der Waals surface area (Å²) in [7, 11) is 3.64. The summed E-state index contributed by atoms with van der Waals surface area (Å²) in [5.74, 6) is 0.725. The molecule has 2 aliphatic rings. The van der Waals surface area contributed by atoms with Gasteiger partial charge in [-0.05, 0) is 55.1 Å². The number of nitrogens with zero attached hydrogens (tertiary/aromatic N) is 3. The average molecular weight is 460 g/mol. The second kappa shape index (κ2) is 8.41. The number of hydrogen-bond acceptors (Lipinski definition) is 6. The van der Waals surface area contributed by atoms with Crippen molar-refractivity contribution in [2.75, 3.05) is 24.0 Å². The summed E-state index contributed by atoms with van der Waals surface area (Å²) in [6.45, 7) is 2.03. The first-order chi connectivity index (χ1) is 15.5. The van der Waals surface area contributed by atoms with Gasteiger partial charge in [-0.1, -0.05) is 47.7 Å². The van der Waals surface area contributed by atoms with Crippen LogP contribution in [0.2, 0.25) is 0 Å². The quantitative estimate of drug-likeness (QED) is 0.438. The minimum atomic E-state index is -0.0670. The molecule has 0 spiro atoms. The Kier molecular flexibility index (Phi) is 5.45. The fourth-order valence-electron chi connectivity index (χ4n) is 3.56. The number of amides is 1. The van der Waals surface area contributed by atoms with Gasteiger partial charge in [-0.15, -0.1) is 0 Å². The molecule has 0 saturated carbocycles. The number of methoxy groups -OCH3 is 1. The molecule has 160 valence electrons. The fourth-order valence-corrected chi connectivity index (χ4v) is 5.89. The second-order valence-electron chi connectivity index (χ2n) is 7.44. The Morgan fingerprint density at radius 1 is 0.938 bits per heavy atom. The van der Waals surface area contributed by atoms with E-state index >= 15 is 0 Å². The molecule has 5 nitrogen and oxygen atoms in total. The van der Waals surface area contributed by atoms with Gasteiger partial charge in [-0.25, -0.2) is 4.99 Å². The van der Waals surface area contributed by atoms with Crippen LogP contribution in [0.25, 0.3) is 0 Å². The number of carbonyl (C=O) groups is 1. The second-order valence-corrected chi connectivity index (χ2v) is 9.45. The number of aryl methyl sites for hydroxylation is 1. The number of para-hydroxylation sites is 1. The Labute approximate surface area is 195 Å². The summed E-state index contributed by atoms with van der Waals surface area (Å²) in [5, 5.41) is 1.55. The van der Waals surface area contributed by atoms with Crippen LogP contribution in [-0.2, 0) is 4.79 Å². The molecule has 32 heavy (non-hydrogen) atoms. The largest absolute Gasteiger partial charge is 0.497 e. The number of thioether (sulfide) groups is 2. The lowest BCUT2D eigenvalue weighted by Gasteiger charge is -2.17. The summed E-state index contributed by atoms with van der Waals surface area (Å²) < 4.78 is 5.39. The first kappa shape index (κ1) is 20.7. The normalized spacial score (nSPS) is 19.1. The number of aliphatic imine (C=N–C) groups is 1. The van der Waals surface area contributed by atoms with Crippen LogP contribution >= 0.6 is 23.5 Å². The van der Waals surface area contributed by atoms with Crippen LogP contribution in [0.4, 0.5) is 17.1 Å². The molecule has 1 fully saturated rings. The van der Waals surface area contributed by atoms with Crippen LogP contribution in [0.15, 0.2) is 92.6 Å². The number of hydrogen-bond donors (Lipinski definition) is 0. The highest BCUT2D eigenvalue weighted by molar-refractivity contribution is 8.20. The van der Waals surface area contributed by atoms with Gasteiger partial charge < -0.3 is 9.64 Å². The van der Waals surface area contributed by atoms with Crippen LogP contribution in [0.1, 0.15) is 5.56 Å². The highest BCUT2D eigenvalue weighted by Crippen LogP contribution is 2.51. The predicted molar refractivity (Wildman–Crippen MR) is 134 cm³/mol. The molecule has 2 aliphatic heterocycles. The van der Waals surface area contributed by atoms with E-state index in [1.54, 1.807) is 23.8 Å². The number of benzene rings is 3. The number of fused-ring (bicyclic) bond motifs is 1. The smallest absolute Gasteiger partial charge is 0.274 e. The summed E-state index contributed by atoms with van der Waals surface area (Å²) in [6.07, 6.45) is 0. The summed E-state index contributed by atoms with van der Waals surface area (Å²) >= 11 is 3.01. The summed E-state index contributed by atoms with van der Waals surface area (Å²) in [6, 6.07) is 23.6. The van der Waals surface area contributed by atoms with Crippen molar-refractivity contribution in [3.8, 4) is 5.75 Å². The zero-order chi connectivity index (χ0) is 22.2. The van der Waals surface area contributed by atoms with Crippen molar-refractivity contribution >= 4 is 51.7 Å². The van der Waals surface area contributed by atoms with Crippen molar-refractivity contribution in [3.05, 3.63) is 88.3 Å². The number of rotatable bonds is 3. The monoisotopic (exact) mass is 459 g/mol. The average Bonchev–Trinajstić information content (AvgIpc) is 3.31. The third kappa shape index (κ3) is 3.67. The molecule has 1 amide bonds. The number of carbonyl (C=O) groups excluding carboxylic acids is 1. The molecule has 0 unspecified atom stereocenters. The zero-order valence-electron chi connectivity index (χ0n) is 17.9. The lowest BCUT2D eigenvalue weighted by Crippen LogP contribution is -2.29. The maximum absolute atomic E-state index is 13.7. The van der Waals surface area contributed by atoms with Gasteiger partial charge in [-0.3, -0.25) is 9.69 Å². The third-order valence-corrected chi connectivity index (χ3v) is 7.68. The maximum atomic E-state index is 13.7. The molecule has 5 rings (SSSR count). The van der Waals surface area contributed by atoms with Crippen LogP contribution in [-0.4, -0.2) is 25.2 Å². The zero-order valence-corrected chi connectivity index (χ0v) is 19.5. The molecule has 0 radical (unpaired) electrons. The molecule has 0 aliphatic carbocycles. The SMILES string of the molecule is COc1ccc2c(c1)N(C)/C(=C1/SC(=Nc3ccccc3)N(c3ccc(C)cc3)C1=O)S2. The highest BCUT2D eigenvalue weighted by Gasteiger charge is 2.40. The third-order valence-electron chi connectivity index (χ3n) is 5.29. The van der Waals surface area contributed by atoms with E-state index in [1.807, 2.05) is 86.8 Å². The maximum Gasteiger partial charge on any atom is 0.274 e. The van der Waals surface area contributed by atoms with Gasteiger partial charge >= 0.3 is 0 Å². The van der Waals surface area contributed by atoms with E-state index in [9.17, 15) is 4.79 Å². The molecule has 7 heteroatoms. The van der Waals surface area contributed by atoms with Crippen molar-refractivity contribution < 1.29 is 9.53 Å². The molecule has 1 saturated heterocycles. The fraction of sp³-hybridized carbons (Fsp3) is 0.120. The number of amidine groups is 1. The van der Waals surface area contributed by atoms with E-state index in [1.165, 1.54) is 11.8 Å². The highest BCUT2D eigenvalue weighted by atomic mass is 32.2. The molecule has 0 bridgehead atoms. The Balaban J connectivity index is 1.60. The van der Waals surface area contributed by atoms with E-state index in [4.69, 9.17) is 9.73 Å². The van der Waals surface area contributed by atoms with E-state index < -0.39 is 0 Å². The molecular weight excluding hydrogens is 438 g/mol. The molecule has 0 atom stereocenters. The summed E-state index contributed by atoms with van der Waals surface area (Å²) in [5.41, 5.74) is 3.79. The van der Waals surface area contributed by atoms with Crippen molar-refractivity contribution in [1.82, 2.24) is 0 Å². The lowest BCUT2D eigenvalue weighted by molar-refractivity contribution is -0.113. The van der Waals surface area contributed by atoms with Gasteiger partial charge in [0.05, 0.1) is 29.2 Å². The van der Waals surface area contributed by atoms with Crippen LogP contribution in [0, 0.1) is 6.92 Å². The van der Waals surface area contributed by atoms with Gasteiger partial charge in [0.15, 0.2) is 5.17 Å². The van der Waals surface area contributed by atoms with E-state index in [0.29, 0.717) is 10.1 Å².